The van der Waals surface area contributed by atoms with Gasteiger partial charge in [-0.05, 0) is 36.4 Å². The van der Waals surface area contributed by atoms with Crippen LogP contribution in [0.2, 0.25) is 0 Å². The molecular weight excluding hydrogens is 386 g/mol. The molecule has 4 N–H and O–H groups in total. The molecule has 0 spiro atoms. The van der Waals surface area contributed by atoms with Crippen LogP contribution in [-0.4, -0.2) is 50.6 Å². The van der Waals surface area contributed by atoms with Gasteiger partial charge in [-0.1, -0.05) is 23.4 Å². The van der Waals surface area contributed by atoms with Gasteiger partial charge in [-0.15, -0.1) is 0 Å². The van der Waals surface area contributed by atoms with Crippen molar-refractivity contribution in [1.29, 1.82) is 0 Å². The van der Waals surface area contributed by atoms with Crippen LogP contribution in [0.15, 0.2) is 59.8 Å². The Morgan fingerprint density at radius 3 is 2.30 bits per heavy atom. The van der Waals surface area contributed by atoms with Crippen LogP contribution in [0.5, 0.6) is 0 Å². The van der Waals surface area contributed by atoms with E-state index >= 15 is 0 Å². The Bertz CT molecular complexity index is 865. The van der Waals surface area contributed by atoms with E-state index in [9.17, 15) is 9.59 Å². The molecule has 30 heavy (non-hydrogen) atoms. The lowest BCUT2D eigenvalue weighted by Gasteiger charge is -2.28. The highest BCUT2D eigenvalue weighted by Crippen LogP contribution is 2.19. The van der Waals surface area contributed by atoms with Crippen LogP contribution in [0.25, 0.3) is 0 Å². The summed E-state index contributed by atoms with van der Waals surface area (Å²) in [6.45, 7) is 2.82. The zero-order chi connectivity index (χ0) is 21.2. The Labute approximate surface area is 174 Å². The van der Waals surface area contributed by atoms with Crippen molar-refractivity contribution in [1.82, 2.24) is 0 Å². The monoisotopic (exact) mass is 411 g/mol. The first kappa shape index (κ1) is 21.1. The van der Waals surface area contributed by atoms with Crippen LogP contribution in [0, 0.1) is 0 Å². The maximum absolute atomic E-state index is 12.1. The SMILES string of the molecule is N/C(CC(=O)Nc1ccc(N2CCOCC2)cc1)=N/OCC(=O)Nc1ccccc1. The molecule has 1 aliphatic heterocycles. The Morgan fingerprint density at radius 1 is 0.967 bits per heavy atom. The number of amidine groups is 1. The van der Waals surface area contributed by atoms with E-state index in [-0.39, 0.29) is 30.7 Å². The van der Waals surface area contributed by atoms with E-state index in [1.165, 1.54) is 0 Å². The summed E-state index contributed by atoms with van der Waals surface area (Å²) >= 11 is 0. The van der Waals surface area contributed by atoms with E-state index < -0.39 is 0 Å². The molecule has 1 saturated heterocycles. The number of nitrogens with zero attached hydrogens (tertiary/aromatic N) is 2. The number of ether oxygens (including phenoxy) is 1. The molecule has 0 aromatic heterocycles. The quantitative estimate of drug-likeness (QED) is 0.346. The van der Waals surface area contributed by atoms with Gasteiger partial charge in [0, 0.05) is 30.2 Å². The highest BCUT2D eigenvalue weighted by atomic mass is 16.6. The topological polar surface area (TPSA) is 118 Å². The Kier molecular flexibility index (Phi) is 7.62. The van der Waals surface area contributed by atoms with Gasteiger partial charge >= 0.3 is 0 Å². The van der Waals surface area contributed by atoms with Crippen molar-refractivity contribution >= 4 is 34.7 Å². The number of rotatable bonds is 8. The van der Waals surface area contributed by atoms with Gasteiger partial charge in [0.25, 0.3) is 5.91 Å². The molecule has 1 fully saturated rings. The highest BCUT2D eigenvalue weighted by molar-refractivity contribution is 6.04. The van der Waals surface area contributed by atoms with Gasteiger partial charge in [-0.25, -0.2) is 0 Å². The zero-order valence-electron chi connectivity index (χ0n) is 16.5. The molecule has 2 aromatic rings. The average Bonchev–Trinajstić information content (AvgIpc) is 2.75. The third-order valence-electron chi connectivity index (χ3n) is 4.30. The summed E-state index contributed by atoms with van der Waals surface area (Å²) in [5.41, 5.74) is 8.10. The van der Waals surface area contributed by atoms with Crippen LogP contribution in [-0.2, 0) is 19.2 Å². The lowest BCUT2D eigenvalue weighted by Crippen LogP contribution is -2.36. The van der Waals surface area contributed by atoms with E-state index in [1.807, 2.05) is 30.3 Å². The molecule has 2 aromatic carbocycles. The molecule has 2 amide bonds. The second-order valence-corrected chi connectivity index (χ2v) is 6.64. The van der Waals surface area contributed by atoms with E-state index in [0.717, 1.165) is 18.8 Å². The number of nitrogens with one attached hydrogen (secondary N) is 2. The molecule has 0 unspecified atom stereocenters. The molecule has 9 nitrogen and oxygen atoms in total. The molecule has 0 radical (unpaired) electrons. The number of nitrogens with two attached hydrogens (primary N) is 1. The average molecular weight is 411 g/mol. The number of carbonyl (C=O) groups is 2. The van der Waals surface area contributed by atoms with Crippen LogP contribution in [0.3, 0.4) is 0 Å². The summed E-state index contributed by atoms with van der Waals surface area (Å²) in [7, 11) is 0. The first-order chi connectivity index (χ1) is 14.6. The molecule has 1 aliphatic rings. The van der Waals surface area contributed by atoms with Crippen molar-refractivity contribution in [2.24, 2.45) is 10.9 Å². The molecule has 0 bridgehead atoms. The number of amides is 2. The molecule has 9 heteroatoms. The van der Waals surface area contributed by atoms with E-state index in [4.69, 9.17) is 15.3 Å². The van der Waals surface area contributed by atoms with Crippen molar-refractivity contribution in [3.05, 3.63) is 54.6 Å². The third-order valence-corrected chi connectivity index (χ3v) is 4.30. The fraction of sp³-hybridized carbons (Fsp3) is 0.286. The highest BCUT2D eigenvalue weighted by Gasteiger charge is 2.12. The number of benzene rings is 2. The normalized spacial score (nSPS) is 14.1. The van der Waals surface area contributed by atoms with Crippen LogP contribution < -0.4 is 21.3 Å². The van der Waals surface area contributed by atoms with Crippen molar-refractivity contribution in [3.63, 3.8) is 0 Å². The van der Waals surface area contributed by atoms with Gasteiger partial charge in [0.2, 0.25) is 5.91 Å². The van der Waals surface area contributed by atoms with E-state index in [2.05, 4.69) is 20.7 Å². The first-order valence-corrected chi connectivity index (χ1v) is 9.62. The lowest BCUT2D eigenvalue weighted by molar-refractivity contribution is -0.120. The number of oxime groups is 1. The van der Waals surface area contributed by atoms with Gasteiger partial charge in [-0.3, -0.25) is 9.59 Å². The summed E-state index contributed by atoms with van der Waals surface area (Å²) in [4.78, 5) is 31.0. The largest absolute Gasteiger partial charge is 0.384 e. The lowest BCUT2D eigenvalue weighted by atomic mass is 10.2. The van der Waals surface area contributed by atoms with Crippen LogP contribution in [0.1, 0.15) is 6.42 Å². The van der Waals surface area contributed by atoms with Crippen molar-refractivity contribution in [2.75, 3.05) is 48.4 Å². The Hall–Kier alpha value is -3.59. The number of para-hydroxylation sites is 1. The van der Waals surface area contributed by atoms with Crippen LogP contribution >= 0.6 is 0 Å². The first-order valence-electron chi connectivity index (χ1n) is 9.62. The Balaban J connectivity index is 1.39. The fourth-order valence-electron chi connectivity index (χ4n) is 2.87. The summed E-state index contributed by atoms with van der Waals surface area (Å²) in [5, 5.41) is 9.03. The predicted octanol–water partition coefficient (Wildman–Crippen LogP) is 1.78. The summed E-state index contributed by atoms with van der Waals surface area (Å²) in [5.74, 6) is -0.722. The van der Waals surface area contributed by atoms with Gasteiger partial charge in [-0.2, -0.15) is 0 Å². The smallest absolute Gasteiger partial charge is 0.265 e. The second kappa shape index (κ2) is 10.8. The minimum absolute atomic E-state index is 0.0232. The van der Waals surface area contributed by atoms with Gasteiger partial charge in [0.1, 0.15) is 5.84 Å². The number of anilines is 3. The van der Waals surface area contributed by atoms with Crippen molar-refractivity contribution in [3.8, 4) is 0 Å². The molecular formula is C21H25N5O4. The molecule has 0 atom stereocenters. The number of hydrogen-bond donors (Lipinski definition) is 3. The molecule has 0 saturated carbocycles. The van der Waals surface area contributed by atoms with Gasteiger partial charge in [0.05, 0.1) is 19.6 Å². The molecule has 3 rings (SSSR count). The molecule has 0 aliphatic carbocycles. The summed E-state index contributed by atoms with van der Waals surface area (Å²) in [6, 6.07) is 16.5. The minimum atomic E-state index is -0.373. The third kappa shape index (κ3) is 6.78. The van der Waals surface area contributed by atoms with E-state index in [0.29, 0.717) is 24.6 Å². The maximum atomic E-state index is 12.1. The number of carbonyl (C=O) groups excluding carboxylic acids is 2. The minimum Gasteiger partial charge on any atom is -0.384 e. The van der Waals surface area contributed by atoms with Crippen LogP contribution in [0.4, 0.5) is 17.1 Å². The second-order valence-electron chi connectivity index (χ2n) is 6.64. The molecule has 158 valence electrons. The van der Waals surface area contributed by atoms with E-state index in [1.54, 1.807) is 24.3 Å². The molecule has 1 heterocycles. The summed E-state index contributed by atoms with van der Waals surface area (Å²) < 4.78 is 5.35. The maximum Gasteiger partial charge on any atom is 0.265 e. The van der Waals surface area contributed by atoms with Gasteiger partial charge in [0.15, 0.2) is 6.61 Å². The van der Waals surface area contributed by atoms with Gasteiger partial charge < -0.3 is 30.8 Å². The zero-order valence-corrected chi connectivity index (χ0v) is 16.5. The standard InChI is InChI=1S/C21H25N5O4/c22-19(25-30-15-21(28)24-16-4-2-1-3-5-16)14-20(27)23-17-6-8-18(9-7-17)26-10-12-29-13-11-26/h1-9H,10-15H2,(H2,22,25)(H,23,27)(H,24,28). The fourth-order valence-corrected chi connectivity index (χ4v) is 2.87. The number of hydrogen-bond acceptors (Lipinski definition) is 6. The number of morpholine rings is 1. The Morgan fingerprint density at radius 2 is 1.60 bits per heavy atom. The van der Waals surface area contributed by atoms with Crippen molar-refractivity contribution < 1.29 is 19.2 Å². The predicted molar refractivity (Wildman–Crippen MR) is 115 cm³/mol. The van der Waals surface area contributed by atoms with Crippen molar-refractivity contribution in [2.45, 2.75) is 6.42 Å². The summed E-state index contributed by atoms with van der Waals surface area (Å²) in [6.07, 6.45) is -0.147.